The van der Waals surface area contributed by atoms with Crippen molar-refractivity contribution >= 4 is 45.5 Å². The third-order valence-corrected chi connectivity index (χ3v) is 7.15. The highest BCUT2D eigenvalue weighted by atomic mass is 19.1. The lowest BCUT2D eigenvalue weighted by Crippen LogP contribution is -2.25. The van der Waals surface area contributed by atoms with E-state index < -0.39 is 11.7 Å². The van der Waals surface area contributed by atoms with Crippen LogP contribution in [0.15, 0.2) is 48.7 Å². The Morgan fingerprint density at radius 3 is 2.67 bits per heavy atom. The fourth-order valence-corrected chi connectivity index (χ4v) is 5.27. The van der Waals surface area contributed by atoms with Gasteiger partial charge in [-0.25, -0.2) is 14.4 Å². The summed E-state index contributed by atoms with van der Waals surface area (Å²) >= 11 is 0. The molecule has 10 nitrogen and oxygen atoms in total. The monoisotopic (exact) mass is 526 g/mol. The van der Waals surface area contributed by atoms with Crippen LogP contribution in [0.3, 0.4) is 0 Å². The van der Waals surface area contributed by atoms with Crippen LogP contribution in [0.2, 0.25) is 0 Å². The summed E-state index contributed by atoms with van der Waals surface area (Å²) in [6, 6.07) is 11.6. The molecule has 0 spiro atoms. The van der Waals surface area contributed by atoms with Gasteiger partial charge in [0.05, 0.1) is 16.6 Å². The zero-order chi connectivity index (χ0) is 27.3. The summed E-state index contributed by atoms with van der Waals surface area (Å²) in [4.78, 5) is 43.1. The number of rotatable bonds is 6. The van der Waals surface area contributed by atoms with E-state index in [1.807, 2.05) is 10.6 Å². The van der Waals surface area contributed by atoms with Crippen LogP contribution in [0, 0.1) is 5.82 Å². The maximum atomic E-state index is 14.9. The molecule has 3 heterocycles. The number of carbonyl (C=O) groups excluding carboxylic acids is 2. The lowest BCUT2D eigenvalue weighted by atomic mass is 10.1. The van der Waals surface area contributed by atoms with Gasteiger partial charge < -0.3 is 25.5 Å². The maximum Gasteiger partial charge on any atom is 0.270 e. The molecule has 1 aliphatic carbocycles. The zero-order valence-corrected chi connectivity index (χ0v) is 21.5. The second kappa shape index (κ2) is 9.50. The quantitative estimate of drug-likeness (QED) is 0.292. The molecule has 3 aromatic heterocycles. The number of aromatic nitrogens is 5. The van der Waals surface area contributed by atoms with Crippen LogP contribution in [0.1, 0.15) is 52.6 Å². The van der Waals surface area contributed by atoms with E-state index in [2.05, 4.69) is 20.3 Å². The minimum atomic E-state index is -0.611. The zero-order valence-electron chi connectivity index (χ0n) is 21.5. The molecular formula is C28H27FN8O2. The molecule has 1 fully saturated rings. The standard InChI is InChI=1S/C28H27FN8O2/c1-36(2)27(39)22-12-15-14-31-28(35-26(15)37(22)17-6-3-4-7-17)32-16-10-11-20(29)19(13-16)25-33-21-9-5-8-18(24(30)38)23(21)34-25/h5,8-14,17H,3-4,6-7H2,1-2H3,(H2,30,38)(H,33,34)(H,31,32,35). The smallest absolute Gasteiger partial charge is 0.270 e. The Labute approximate surface area is 223 Å². The Bertz CT molecular complexity index is 1750. The van der Waals surface area contributed by atoms with Crippen molar-refractivity contribution in [3.8, 4) is 11.4 Å². The summed E-state index contributed by atoms with van der Waals surface area (Å²) in [6.07, 6.45) is 5.88. The molecule has 0 bridgehead atoms. The van der Waals surface area contributed by atoms with E-state index >= 15 is 0 Å². The van der Waals surface area contributed by atoms with Crippen molar-refractivity contribution < 1.29 is 14.0 Å². The topological polar surface area (TPSA) is 135 Å². The van der Waals surface area contributed by atoms with Gasteiger partial charge in [-0.1, -0.05) is 18.9 Å². The summed E-state index contributed by atoms with van der Waals surface area (Å²) in [5, 5.41) is 3.94. The summed E-state index contributed by atoms with van der Waals surface area (Å²) in [5.74, 6) is -0.596. The van der Waals surface area contributed by atoms with Crippen molar-refractivity contribution in [2.75, 3.05) is 19.4 Å². The van der Waals surface area contributed by atoms with E-state index in [0.717, 1.165) is 31.1 Å². The van der Waals surface area contributed by atoms with Crippen molar-refractivity contribution in [1.29, 1.82) is 0 Å². The number of hydrogen-bond donors (Lipinski definition) is 3. The molecule has 6 rings (SSSR count). The van der Waals surface area contributed by atoms with Crippen LogP contribution >= 0.6 is 0 Å². The number of H-pyrrole nitrogens is 1. The first kappa shape index (κ1) is 24.5. The lowest BCUT2D eigenvalue weighted by molar-refractivity contribution is 0.0815. The van der Waals surface area contributed by atoms with E-state index in [-0.39, 0.29) is 28.9 Å². The molecule has 11 heteroatoms. The van der Waals surface area contributed by atoms with Gasteiger partial charge >= 0.3 is 0 Å². The van der Waals surface area contributed by atoms with Crippen molar-refractivity contribution in [2.45, 2.75) is 31.7 Å². The number of carbonyl (C=O) groups is 2. The number of imidazole rings is 1. The molecule has 1 aliphatic rings. The van der Waals surface area contributed by atoms with Crippen molar-refractivity contribution in [3.63, 3.8) is 0 Å². The molecule has 198 valence electrons. The highest BCUT2D eigenvalue weighted by molar-refractivity contribution is 6.04. The van der Waals surface area contributed by atoms with Gasteiger partial charge in [0.1, 0.15) is 28.5 Å². The average molecular weight is 527 g/mol. The normalized spacial score (nSPS) is 13.8. The number of aromatic amines is 1. The minimum absolute atomic E-state index is 0.0806. The number of amides is 2. The Kier molecular flexibility index (Phi) is 5.97. The van der Waals surface area contributed by atoms with Gasteiger partial charge in [-0.3, -0.25) is 9.59 Å². The number of nitrogens with one attached hydrogen (secondary N) is 2. The van der Waals surface area contributed by atoms with Crippen LogP contribution in [0.5, 0.6) is 0 Å². The largest absolute Gasteiger partial charge is 0.366 e. The minimum Gasteiger partial charge on any atom is -0.366 e. The molecule has 1 saturated carbocycles. The number of anilines is 2. The summed E-state index contributed by atoms with van der Waals surface area (Å²) in [6.45, 7) is 0. The molecule has 0 radical (unpaired) electrons. The maximum absolute atomic E-state index is 14.9. The van der Waals surface area contributed by atoms with Crippen molar-refractivity contribution in [2.24, 2.45) is 5.73 Å². The van der Waals surface area contributed by atoms with E-state index in [0.29, 0.717) is 34.0 Å². The number of nitrogens with zero attached hydrogens (tertiary/aromatic N) is 5. The van der Waals surface area contributed by atoms with Crippen LogP contribution in [-0.2, 0) is 0 Å². The van der Waals surface area contributed by atoms with Gasteiger partial charge in [-0.2, -0.15) is 4.98 Å². The molecule has 0 atom stereocenters. The molecular weight excluding hydrogens is 499 g/mol. The van der Waals surface area contributed by atoms with Gasteiger partial charge in [0.2, 0.25) is 5.95 Å². The number of para-hydroxylation sites is 1. The molecule has 2 amide bonds. The van der Waals surface area contributed by atoms with E-state index in [4.69, 9.17) is 10.7 Å². The van der Waals surface area contributed by atoms with Crippen LogP contribution in [0.4, 0.5) is 16.0 Å². The highest BCUT2D eigenvalue weighted by Gasteiger charge is 2.26. The summed E-state index contributed by atoms with van der Waals surface area (Å²) in [7, 11) is 3.47. The number of fused-ring (bicyclic) bond motifs is 2. The predicted molar refractivity (Wildman–Crippen MR) is 146 cm³/mol. The number of nitrogens with two attached hydrogens (primary N) is 1. The third-order valence-electron chi connectivity index (χ3n) is 7.15. The van der Waals surface area contributed by atoms with Crippen molar-refractivity contribution in [1.82, 2.24) is 29.4 Å². The Balaban J connectivity index is 1.38. The SMILES string of the molecule is CN(C)C(=O)c1cc2cnc(Nc3ccc(F)c(-c4nc5c(C(N)=O)cccc5[nH]4)c3)nc2n1C1CCCC1. The van der Waals surface area contributed by atoms with E-state index in [9.17, 15) is 14.0 Å². The van der Waals surface area contributed by atoms with Crippen LogP contribution in [-0.4, -0.2) is 55.3 Å². The molecule has 39 heavy (non-hydrogen) atoms. The fourth-order valence-electron chi connectivity index (χ4n) is 5.27. The van der Waals surface area contributed by atoms with Gasteiger partial charge in [0, 0.05) is 37.4 Å². The molecule has 2 aromatic carbocycles. The van der Waals surface area contributed by atoms with E-state index in [1.54, 1.807) is 55.5 Å². The molecule has 5 aromatic rings. The molecule has 0 unspecified atom stereocenters. The molecule has 4 N–H and O–H groups in total. The predicted octanol–water partition coefficient (Wildman–Crippen LogP) is 4.77. The van der Waals surface area contributed by atoms with E-state index in [1.165, 1.54) is 6.07 Å². The number of primary amides is 1. The average Bonchev–Trinajstić information content (AvgIpc) is 3.66. The number of hydrogen-bond acceptors (Lipinski definition) is 6. The second-order valence-corrected chi connectivity index (χ2v) is 9.98. The highest BCUT2D eigenvalue weighted by Crippen LogP contribution is 2.35. The van der Waals surface area contributed by atoms with Gasteiger partial charge in [0.15, 0.2) is 0 Å². The Morgan fingerprint density at radius 1 is 1.13 bits per heavy atom. The first-order valence-corrected chi connectivity index (χ1v) is 12.8. The third kappa shape index (κ3) is 4.35. The van der Waals surface area contributed by atoms with Crippen LogP contribution < -0.4 is 11.1 Å². The Morgan fingerprint density at radius 2 is 1.92 bits per heavy atom. The number of halogens is 1. The summed E-state index contributed by atoms with van der Waals surface area (Å²) in [5.41, 5.74) is 8.71. The molecule has 0 aliphatic heterocycles. The number of benzene rings is 2. The first-order chi connectivity index (χ1) is 18.8. The first-order valence-electron chi connectivity index (χ1n) is 12.8. The fraction of sp³-hybridized carbons (Fsp3) is 0.250. The molecule has 0 saturated heterocycles. The van der Waals surface area contributed by atoms with Gasteiger partial charge in [0.25, 0.3) is 11.8 Å². The van der Waals surface area contributed by atoms with Gasteiger partial charge in [-0.05, 0) is 49.2 Å². The second-order valence-electron chi connectivity index (χ2n) is 9.98. The van der Waals surface area contributed by atoms with Crippen LogP contribution in [0.25, 0.3) is 33.5 Å². The Hall–Kier alpha value is -4.80. The summed E-state index contributed by atoms with van der Waals surface area (Å²) < 4.78 is 16.9. The lowest BCUT2D eigenvalue weighted by Gasteiger charge is -2.19. The van der Waals surface area contributed by atoms with Gasteiger partial charge in [-0.15, -0.1) is 0 Å². The van der Waals surface area contributed by atoms with Crippen molar-refractivity contribution in [3.05, 3.63) is 65.7 Å².